The van der Waals surface area contributed by atoms with Crippen LogP contribution in [0.15, 0.2) is 22.9 Å². The summed E-state index contributed by atoms with van der Waals surface area (Å²) in [6, 6.07) is 6.19. The first-order valence-electron chi connectivity index (χ1n) is 3.94. The zero-order valence-electron chi connectivity index (χ0n) is 6.76. The largest absolute Gasteiger partial charge is 0.332 e. The van der Waals surface area contributed by atoms with Crippen molar-refractivity contribution in [3.63, 3.8) is 0 Å². The molecule has 0 atom stereocenters. The van der Waals surface area contributed by atoms with Crippen molar-refractivity contribution in [2.75, 3.05) is 0 Å². The molecule has 1 N–H and O–H groups in total. The van der Waals surface area contributed by atoms with Crippen LogP contribution in [0.3, 0.4) is 0 Å². The molecule has 0 saturated heterocycles. The highest BCUT2D eigenvalue weighted by atomic mass is 79.9. The number of H-pyrrole nitrogens is 1. The third-order valence-electron chi connectivity index (χ3n) is 1.95. The topological polar surface area (TPSA) is 28.7 Å². The molecule has 0 aliphatic rings. The maximum Gasteiger partial charge on any atom is 0.175 e. The summed E-state index contributed by atoms with van der Waals surface area (Å²) < 4.78 is 0.804. The van der Waals surface area contributed by atoms with Crippen LogP contribution in [0, 0.1) is 0 Å². The molecule has 2 nitrogen and oxygen atoms in total. The molecule has 0 aliphatic carbocycles. The van der Waals surface area contributed by atoms with Crippen molar-refractivity contribution in [2.24, 2.45) is 0 Å². The number of halogens is 1. The molecule has 0 aliphatic heterocycles. The van der Waals surface area contributed by atoms with Crippen LogP contribution in [0.4, 0.5) is 0 Å². The minimum atomic E-state index is 0.804. The van der Waals surface area contributed by atoms with E-state index in [9.17, 15) is 0 Å². The van der Waals surface area contributed by atoms with Gasteiger partial charge in [-0.1, -0.05) is 19.1 Å². The van der Waals surface area contributed by atoms with Crippen LogP contribution in [0.25, 0.3) is 11.0 Å². The lowest BCUT2D eigenvalue weighted by Crippen LogP contribution is -1.81. The highest BCUT2D eigenvalue weighted by Crippen LogP contribution is 2.18. The fourth-order valence-electron chi connectivity index (χ4n) is 1.35. The molecule has 0 unspecified atom stereocenters. The molecular weight excluding hydrogens is 216 g/mol. The Hall–Kier alpha value is -0.830. The van der Waals surface area contributed by atoms with Crippen molar-refractivity contribution < 1.29 is 0 Å². The second kappa shape index (κ2) is 2.90. The summed E-state index contributed by atoms with van der Waals surface area (Å²) in [7, 11) is 0. The van der Waals surface area contributed by atoms with Gasteiger partial charge in [0.1, 0.15) is 0 Å². The Kier molecular flexibility index (Phi) is 1.89. The number of benzene rings is 1. The molecule has 0 saturated carbocycles. The van der Waals surface area contributed by atoms with Gasteiger partial charge in [0, 0.05) is 0 Å². The fourth-order valence-corrected chi connectivity index (χ4v) is 1.74. The van der Waals surface area contributed by atoms with E-state index in [1.165, 1.54) is 5.56 Å². The van der Waals surface area contributed by atoms with Gasteiger partial charge in [0.05, 0.1) is 11.0 Å². The van der Waals surface area contributed by atoms with E-state index in [4.69, 9.17) is 0 Å². The van der Waals surface area contributed by atoms with E-state index in [-0.39, 0.29) is 0 Å². The number of fused-ring (bicyclic) bond motifs is 1. The van der Waals surface area contributed by atoms with E-state index in [0.717, 1.165) is 22.2 Å². The first-order valence-corrected chi connectivity index (χ1v) is 4.73. The average molecular weight is 225 g/mol. The van der Waals surface area contributed by atoms with Gasteiger partial charge < -0.3 is 4.98 Å². The molecule has 0 bridgehead atoms. The summed E-state index contributed by atoms with van der Waals surface area (Å²) in [6.45, 7) is 2.14. The second-order valence-corrected chi connectivity index (χ2v) is 3.45. The van der Waals surface area contributed by atoms with E-state index in [0.29, 0.717) is 0 Å². The summed E-state index contributed by atoms with van der Waals surface area (Å²) in [4.78, 5) is 7.48. The number of aryl methyl sites for hydroxylation is 1. The minimum absolute atomic E-state index is 0.804. The van der Waals surface area contributed by atoms with Crippen LogP contribution in [-0.2, 0) is 6.42 Å². The van der Waals surface area contributed by atoms with Gasteiger partial charge in [-0.25, -0.2) is 4.98 Å². The first kappa shape index (κ1) is 7.80. The number of imidazole rings is 1. The van der Waals surface area contributed by atoms with Crippen molar-refractivity contribution in [3.8, 4) is 0 Å². The molecule has 0 fully saturated rings. The van der Waals surface area contributed by atoms with Crippen LogP contribution in [0.5, 0.6) is 0 Å². The van der Waals surface area contributed by atoms with Gasteiger partial charge in [0.25, 0.3) is 0 Å². The van der Waals surface area contributed by atoms with Crippen molar-refractivity contribution >= 4 is 27.0 Å². The number of hydrogen-bond donors (Lipinski definition) is 1. The number of aromatic amines is 1. The van der Waals surface area contributed by atoms with Crippen LogP contribution < -0.4 is 0 Å². The lowest BCUT2D eigenvalue weighted by atomic mass is 10.1. The Labute approximate surface area is 79.1 Å². The maximum atomic E-state index is 4.35. The average Bonchev–Trinajstić information content (AvgIpc) is 2.44. The molecule has 0 radical (unpaired) electrons. The summed E-state index contributed by atoms with van der Waals surface area (Å²) >= 11 is 3.32. The standard InChI is InChI=1S/C9H9BrN2/c1-2-6-4-3-5-7-8(6)12-9(10)11-7/h3-5H,2H2,1H3,(H,11,12). The van der Waals surface area contributed by atoms with Crippen molar-refractivity contribution in [2.45, 2.75) is 13.3 Å². The van der Waals surface area contributed by atoms with Crippen molar-refractivity contribution in [1.82, 2.24) is 9.97 Å². The van der Waals surface area contributed by atoms with Crippen LogP contribution in [0.2, 0.25) is 0 Å². The molecule has 62 valence electrons. The first-order chi connectivity index (χ1) is 5.81. The summed E-state index contributed by atoms with van der Waals surface area (Å²) in [5.41, 5.74) is 3.46. The van der Waals surface area contributed by atoms with Crippen LogP contribution >= 0.6 is 15.9 Å². The monoisotopic (exact) mass is 224 g/mol. The van der Waals surface area contributed by atoms with E-state index in [2.05, 4.69) is 38.9 Å². The van der Waals surface area contributed by atoms with Gasteiger partial charge in [-0.05, 0) is 34.0 Å². The number of nitrogens with one attached hydrogen (secondary N) is 1. The summed E-state index contributed by atoms with van der Waals surface area (Å²) in [6.07, 6.45) is 1.02. The van der Waals surface area contributed by atoms with Gasteiger partial charge >= 0.3 is 0 Å². The molecule has 1 aromatic heterocycles. The third kappa shape index (κ3) is 1.14. The van der Waals surface area contributed by atoms with Crippen LogP contribution in [0.1, 0.15) is 12.5 Å². The Morgan fingerprint density at radius 2 is 2.33 bits per heavy atom. The highest BCUT2D eigenvalue weighted by Gasteiger charge is 2.02. The molecule has 12 heavy (non-hydrogen) atoms. The highest BCUT2D eigenvalue weighted by molar-refractivity contribution is 9.10. The van der Waals surface area contributed by atoms with Crippen molar-refractivity contribution in [3.05, 3.63) is 28.5 Å². The van der Waals surface area contributed by atoms with Gasteiger partial charge in [-0.2, -0.15) is 0 Å². The number of rotatable bonds is 1. The Morgan fingerprint density at radius 3 is 3.08 bits per heavy atom. The zero-order chi connectivity index (χ0) is 8.55. The van der Waals surface area contributed by atoms with Crippen molar-refractivity contribution in [1.29, 1.82) is 0 Å². The normalized spacial score (nSPS) is 10.8. The zero-order valence-corrected chi connectivity index (χ0v) is 8.35. The van der Waals surface area contributed by atoms with Gasteiger partial charge in [0.15, 0.2) is 4.73 Å². The summed E-state index contributed by atoms with van der Waals surface area (Å²) in [5.74, 6) is 0. The molecule has 0 spiro atoms. The van der Waals surface area contributed by atoms with E-state index >= 15 is 0 Å². The molecule has 3 heteroatoms. The predicted molar refractivity (Wildman–Crippen MR) is 53.2 cm³/mol. The molecule has 1 heterocycles. The minimum Gasteiger partial charge on any atom is -0.332 e. The van der Waals surface area contributed by atoms with Gasteiger partial charge in [0.2, 0.25) is 0 Å². The van der Waals surface area contributed by atoms with E-state index in [1.807, 2.05) is 12.1 Å². The van der Waals surface area contributed by atoms with E-state index in [1.54, 1.807) is 0 Å². The Balaban J connectivity index is 2.78. The lowest BCUT2D eigenvalue weighted by Gasteiger charge is -1.95. The number of para-hydroxylation sites is 1. The van der Waals surface area contributed by atoms with Crippen LogP contribution in [-0.4, -0.2) is 9.97 Å². The lowest BCUT2D eigenvalue weighted by molar-refractivity contribution is 1.15. The molecule has 0 amide bonds. The second-order valence-electron chi connectivity index (χ2n) is 2.69. The SMILES string of the molecule is CCc1cccc2[nH]c(Br)nc12. The maximum absolute atomic E-state index is 4.35. The third-order valence-corrected chi connectivity index (χ3v) is 2.32. The predicted octanol–water partition coefficient (Wildman–Crippen LogP) is 2.89. The number of hydrogen-bond acceptors (Lipinski definition) is 1. The Morgan fingerprint density at radius 1 is 1.50 bits per heavy atom. The molecule has 1 aromatic carbocycles. The number of aromatic nitrogens is 2. The van der Waals surface area contributed by atoms with Gasteiger partial charge in [-0.3, -0.25) is 0 Å². The fraction of sp³-hybridized carbons (Fsp3) is 0.222. The van der Waals surface area contributed by atoms with Gasteiger partial charge in [-0.15, -0.1) is 0 Å². The smallest absolute Gasteiger partial charge is 0.175 e. The quantitative estimate of drug-likeness (QED) is 0.794. The Bertz CT molecular complexity index is 406. The molecule has 2 rings (SSSR count). The van der Waals surface area contributed by atoms with E-state index < -0.39 is 0 Å². The number of nitrogens with zero attached hydrogens (tertiary/aromatic N) is 1. The molecule has 2 aromatic rings. The summed E-state index contributed by atoms with van der Waals surface area (Å²) in [5, 5.41) is 0. The molecular formula is C9H9BrN2.